The van der Waals surface area contributed by atoms with Gasteiger partial charge in [-0.15, -0.1) is 0 Å². The van der Waals surface area contributed by atoms with Gasteiger partial charge in [-0.1, -0.05) is 0 Å². The molecule has 1 aromatic carbocycles. The molecular weight excluding hydrogens is 316 g/mol. The summed E-state index contributed by atoms with van der Waals surface area (Å²) in [4.78, 5) is 14.7. The maximum atomic E-state index is 12.8. The minimum atomic E-state index is -3.49. The lowest BCUT2D eigenvalue weighted by Gasteiger charge is -2.44. The van der Waals surface area contributed by atoms with Crippen LogP contribution in [0, 0.1) is 0 Å². The summed E-state index contributed by atoms with van der Waals surface area (Å²) in [6.07, 6.45) is -0.0135. The zero-order chi connectivity index (χ0) is 17.4. The first-order chi connectivity index (χ1) is 10.6. The number of sulfonamides is 1. The van der Waals surface area contributed by atoms with Crippen LogP contribution in [0.1, 0.15) is 31.1 Å². The fourth-order valence-electron chi connectivity index (χ4n) is 2.47. The normalized spacial score (nSPS) is 21.5. The van der Waals surface area contributed by atoms with Crippen molar-refractivity contribution in [2.75, 3.05) is 27.2 Å². The molecule has 1 heterocycles. The van der Waals surface area contributed by atoms with Gasteiger partial charge in [0.1, 0.15) is 0 Å². The number of benzene rings is 1. The lowest BCUT2D eigenvalue weighted by molar-refractivity contribution is -0.0755. The van der Waals surface area contributed by atoms with Gasteiger partial charge in [0, 0.05) is 26.2 Å². The van der Waals surface area contributed by atoms with E-state index in [0.717, 1.165) is 4.31 Å². The Morgan fingerprint density at radius 3 is 2.35 bits per heavy atom. The van der Waals surface area contributed by atoms with E-state index in [1.54, 1.807) is 17.0 Å². The number of amides is 1. The Bertz CT molecular complexity index is 681. The van der Waals surface area contributed by atoms with Gasteiger partial charge in [0.05, 0.1) is 23.1 Å². The number of hydrogen-bond donors (Lipinski definition) is 0. The van der Waals surface area contributed by atoms with Gasteiger partial charge < -0.3 is 9.64 Å². The molecule has 0 aliphatic carbocycles. The monoisotopic (exact) mass is 340 g/mol. The van der Waals surface area contributed by atoms with Gasteiger partial charge in [-0.3, -0.25) is 4.79 Å². The minimum Gasteiger partial charge on any atom is -0.374 e. The predicted octanol–water partition coefficient (Wildman–Crippen LogP) is 1.58. The summed E-state index contributed by atoms with van der Waals surface area (Å²) in [7, 11) is -0.531. The van der Waals surface area contributed by atoms with E-state index >= 15 is 0 Å². The Hall–Kier alpha value is -1.44. The van der Waals surface area contributed by atoms with Crippen LogP contribution in [0.3, 0.4) is 0 Å². The van der Waals surface area contributed by atoms with E-state index in [1.807, 2.05) is 20.8 Å². The molecule has 1 aromatic rings. The highest BCUT2D eigenvalue weighted by atomic mass is 32.2. The van der Waals surface area contributed by atoms with Crippen LogP contribution in [0.4, 0.5) is 0 Å². The number of carbonyl (C=O) groups excluding carboxylic acids is 1. The first-order valence-corrected chi connectivity index (χ1v) is 8.96. The third-order valence-electron chi connectivity index (χ3n) is 4.02. The first kappa shape index (κ1) is 17.9. The lowest BCUT2D eigenvalue weighted by atomic mass is 9.99. The Morgan fingerprint density at radius 1 is 1.26 bits per heavy atom. The quantitative estimate of drug-likeness (QED) is 0.838. The van der Waals surface area contributed by atoms with Crippen LogP contribution in [0.25, 0.3) is 0 Å². The number of ether oxygens (including phenoxy) is 1. The van der Waals surface area contributed by atoms with Gasteiger partial charge in [0.15, 0.2) is 0 Å². The van der Waals surface area contributed by atoms with Crippen LogP contribution in [0.15, 0.2) is 29.2 Å². The molecule has 23 heavy (non-hydrogen) atoms. The lowest BCUT2D eigenvalue weighted by Crippen LogP contribution is -2.57. The number of carbonyl (C=O) groups is 1. The van der Waals surface area contributed by atoms with Crippen LogP contribution >= 0.6 is 0 Å². The van der Waals surface area contributed by atoms with Crippen molar-refractivity contribution in [2.24, 2.45) is 0 Å². The van der Waals surface area contributed by atoms with E-state index in [9.17, 15) is 13.2 Å². The van der Waals surface area contributed by atoms with Crippen molar-refractivity contribution in [1.29, 1.82) is 0 Å². The Morgan fingerprint density at radius 2 is 1.83 bits per heavy atom. The van der Waals surface area contributed by atoms with Crippen LogP contribution in [0.2, 0.25) is 0 Å². The van der Waals surface area contributed by atoms with Crippen molar-refractivity contribution in [1.82, 2.24) is 9.21 Å². The van der Waals surface area contributed by atoms with Gasteiger partial charge in [-0.25, -0.2) is 12.7 Å². The Labute approximate surface area is 138 Å². The van der Waals surface area contributed by atoms with Gasteiger partial charge in [-0.05, 0) is 45.0 Å². The molecular formula is C16H24N2O4S. The second kappa shape index (κ2) is 6.22. The number of rotatable bonds is 3. The van der Waals surface area contributed by atoms with Gasteiger partial charge in [0.25, 0.3) is 5.91 Å². The molecule has 0 saturated carbocycles. The Kier molecular flexibility index (Phi) is 4.84. The zero-order valence-corrected chi connectivity index (χ0v) is 15.1. The van der Waals surface area contributed by atoms with Crippen molar-refractivity contribution in [3.05, 3.63) is 29.8 Å². The molecule has 0 radical (unpaired) electrons. The summed E-state index contributed by atoms with van der Waals surface area (Å²) in [5, 5.41) is 0. The van der Waals surface area contributed by atoms with E-state index in [0.29, 0.717) is 18.7 Å². The topological polar surface area (TPSA) is 66.9 Å². The standard InChI is InChI=1S/C16H24N2O4S/c1-12-10-18(16(2,3)11-22-12)15(19)13-6-8-14(9-7-13)23(20,21)17(4)5/h6-9,12H,10-11H2,1-5H3. The van der Waals surface area contributed by atoms with Crippen LogP contribution < -0.4 is 0 Å². The fourth-order valence-corrected chi connectivity index (χ4v) is 3.38. The maximum absolute atomic E-state index is 12.8. The second-order valence-electron chi connectivity index (χ2n) is 6.66. The summed E-state index contributed by atoms with van der Waals surface area (Å²) in [6, 6.07) is 6.07. The molecule has 0 spiro atoms. The molecule has 1 aliphatic rings. The number of morpholine rings is 1. The van der Waals surface area contributed by atoms with Gasteiger partial charge in [0.2, 0.25) is 10.0 Å². The van der Waals surface area contributed by atoms with Crippen LogP contribution in [-0.4, -0.2) is 62.4 Å². The SMILES string of the molecule is CC1CN(C(=O)c2ccc(S(=O)(=O)N(C)C)cc2)C(C)(C)CO1. The van der Waals surface area contributed by atoms with Crippen molar-refractivity contribution in [3.8, 4) is 0 Å². The van der Waals surface area contributed by atoms with Crippen molar-refractivity contribution < 1.29 is 17.9 Å². The molecule has 7 heteroatoms. The summed E-state index contributed by atoms with van der Waals surface area (Å²) < 4.78 is 30.9. The Balaban J connectivity index is 2.27. The summed E-state index contributed by atoms with van der Waals surface area (Å²) in [5.74, 6) is -0.112. The molecule has 1 atom stereocenters. The van der Waals surface area contributed by atoms with Gasteiger partial charge >= 0.3 is 0 Å². The molecule has 1 saturated heterocycles. The summed E-state index contributed by atoms with van der Waals surface area (Å²) >= 11 is 0. The van der Waals surface area contributed by atoms with E-state index in [-0.39, 0.29) is 16.9 Å². The number of nitrogens with zero attached hydrogens (tertiary/aromatic N) is 2. The van der Waals surface area contributed by atoms with Crippen molar-refractivity contribution in [2.45, 2.75) is 37.3 Å². The number of hydrogen-bond acceptors (Lipinski definition) is 4. The van der Waals surface area contributed by atoms with E-state index in [1.165, 1.54) is 26.2 Å². The third-order valence-corrected chi connectivity index (χ3v) is 5.85. The van der Waals surface area contributed by atoms with Crippen LogP contribution in [0.5, 0.6) is 0 Å². The van der Waals surface area contributed by atoms with Gasteiger partial charge in [-0.2, -0.15) is 0 Å². The largest absolute Gasteiger partial charge is 0.374 e. The maximum Gasteiger partial charge on any atom is 0.254 e. The average Bonchev–Trinajstić information content (AvgIpc) is 2.49. The minimum absolute atomic E-state index is 0.0135. The van der Waals surface area contributed by atoms with E-state index in [4.69, 9.17) is 4.74 Å². The summed E-state index contributed by atoms with van der Waals surface area (Å²) in [6.45, 7) is 6.85. The third kappa shape index (κ3) is 3.57. The molecule has 6 nitrogen and oxygen atoms in total. The smallest absolute Gasteiger partial charge is 0.254 e. The zero-order valence-electron chi connectivity index (χ0n) is 14.2. The molecule has 128 valence electrons. The van der Waals surface area contributed by atoms with Crippen LogP contribution in [-0.2, 0) is 14.8 Å². The molecule has 2 rings (SSSR count). The molecule has 0 bridgehead atoms. The van der Waals surface area contributed by atoms with Crippen molar-refractivity contribution in [3.63, 3.8) is 0 Å². The van der Waals surface area contributed by atoms with E-state index in [2.05, 4.69) is 0 Å². The summed E-state index contributed by atoms with van der Waals surface area (Å²) in [5.41, 5.74) is 0.0858. The molecule has 1 unspecified atom stereocenters. The predicted molar refractivity (Wildman–Crippen MR) is 87.8 cm³/mol. The highest BCUT2D eigenvalue weighted by Crippen LogP contribution is 2.25. The molecule has 0 N–H and O–H groups in total. The molecule has 1 aliphatic heterocycles. The van der Waals surface area contributed by atoms with Crippen molar-refractivity contribution >= 4 is 15.9 Å². The highest BCUT2D eigenvalue weighted by Gasteiger charge is 2.37. The molecule has 1 amide bonds. The second-order valence-corrected chi connectivity index (χ2v) is 8.81. The fraction of sp³-hybridized carbons (Fsp3) is 0.562. The molecule has 0 aromatic heterocycles. The highest BCUT2D eigenvalue weighted by molar-refractivity contribution is 7.89. The van der Waals surface area contributed by atoms with E-state index < -0.39 is 15.6 Å². The molecule has 1 fully saturated rings. The average molecular weight is 340 g/mol. The first-order valence-electron chi connectivity index (χ1n) is 7.52.